The molecule has 1 heterocycles. The summed E-state index contributed by atoms with van der Waals surface area (Å²) in [5.41, 5.74) is 3.10. The predicted octanol–water partition coefficient (Wildman–Crippen LogP) is 2.98. The van der Waals surface area contributed by atoms with Gasteiger partial charge < -0.3 is 10.2 Å². The largest absolute Gasteiger partial charge is 0.369 e. The summed E-state index contributed by atoms with van der Waals surface area (Å²) in [7, 11) is -3.14. The lowest BCUT2D eigenvalue weighted by Crippen LogP contribution is -2.48. The number of carbonyl (C=O) groups is 1. The quantitative estimate of drug-likeness (QED) is 0.845. The second-order valence-corrected chi connectivity index (χ2v) is 9.02. The molecule has 1 fully saturated rings. The Kier molecular flexibility index (Phi) is 5.74. The molecule has 8 heteroatoms. The minimum Gasteiger partial charge on any atom is -0.369 e. The fourth-order valence-corrected chi connectivity index (χ4v) is 4.18. The van der Waals surface area contributed by atoms with Crippen molar-refractivity contribution in [2.24, 2.45) is 0 Å². The van der Waals surface area contributed by atoms with Gasteiger partial charge in [-0.3, -0.25) is 4.79 Å². The maximum absolute atomic E-state index is 12.4. The number of anilines is 2. The molecule has 2 aromatic carbocycles. The van der Waals surface area contributed by atoms with Crippen molar-refractivity contribution in [2.75, 3.05) is 42.7 Å². The van der Waals surface area contributed by atoms with Gasteiger partial charge in [0, 0.05) is 37.6 Å². The fraction of sp³-hybridized carbons (Fsp3) is 0.316. The van der Waals surface area contributed by atoms with Crippen LogP contribution in [0.5, 0.6) is 0 Å². The van der Waals surface area contributed by atoms with E-state index >= 15 is 0 Å². The Morgan fingerprint density at radius 1 is 1.04 bits per heavy atom. The third kappa shape index (κ3) is 4.80. The average Bonchev–Trinajstić information content (AvgIpc) is 2.61. The Hall–Kier alpha value is -2.09. The molecular formula is C19H22ClN3O3S. The topological polar surface area (TPSA) is 69.7 Å². The highest BCUT2D eigenvalue weighted by Crippen LogP contribution is 2.22. The van der Waals surface area contributed by atoms with Crippen molar-refractivity contribution < 1.29 is 13.2 Å². The van der Waals surface area contributed by atoms with E-state index < -0.39 is 10.0 Å². The van der Waals surface area contributed by atoms with Crippen LogP contribution in [0.15, 0.2) is 42.5 Å². The van der Waals surface area contributed by atoms with Crippen molar-refractivity contribution in [1.82, 2.24) is 4.31 Å². The van der Waals surface area contributed by atoms with Gasteiger partial charge in [-0.15, -0.1) is 0 Å². The summed E-state index contributed by atoms with van der Waals surface area (Å²) in [4.78, 5) is 14.5. The Balaban J connectivity index is 1.63. The Labute approximate surface area is 164 Å². The summed E-state index contributed by atoms with van der Waals surface area (Å²) >= 11 is 6.15. The van der Waals surface area contributed by atoms with Crippen molar-refractivity contribution in [3.8, 4) is 0 Å². The van der Waals surface area contributed by atoms with E-state index in [4.69, 9.17) is 11.6 Å². The molecule has 0 atom stereocenters. The minimum absolute atomic E-state index is 0.255. The van der Waals surface area contributed by atoms with Gasteiger partial charge in [0.1, 0.15) is 0 Å². The lowest BCUT2D eigenvalue weighted by molar-refractivity contribution is 0.102. The van der Waals surface area contributed by atoms with Crippen LogP contribution < -0.4 is 10.2 Å². The van der Waals surface area contributed by atoms with Crippen molar-refractivity contribution in [2.45, 2.75) is 6.92 Å². The number of amides is 1. The first-order valence-electron chi connectivity index (χ1n) is 8.62. The van der Waals surface area contributed by atoms with Crippen LogP contribution in [-0.4, -0.2) is 51.1 Å². The first-order valence-corrected chi connectivity index (χ1v) is 10.8. The van der Waals surface area contributed by atoms with Crippen molar-refractivity contribution in [3.63, 3.8) is 0 Å². The Morgan fingerprint density at radius 3 is 2.22 bits per heavy atom. The van der Waals surface area contributed by atoms with Crippen LogP contribution in [0.2, 0.25) is 5.02 Å². The zero-order valence-corrected chi connectivity index (χ0v) is 16.8. The number of piperazine rings is 1. The van der Waals surface area contributed by atoms with Crippen LogP contribution in [0.25, 0.3) is 0 Å². The van der Waals surface area contributed by atoms with Crippen LogP contribution in [0, 0.1) is 6.92 Å². The van der Waals surface area contributed by atoms with Crippen molar-refractivity contribution in [1.29, 1.82) is 0 Å². The SMILES string of the molecule is Cc1ccc(C(=O)Nc2ccc(N3CCN(S(C)(=O)=O)CC3)cc2)c(Cl)c1. The number of benzene rings is 2. The zero-order valence-electron chi connectivity index (χ0n) is 15.3. The minimum atomic E-state index is -3.14. The second kappa shape index (κ2) is 7.88. The summed E-state index contributed by atoms with van der Waals surface area (Å²) in [6.07, 6.45) is 1.24. The first kappa shape index (κ1) is 19.7. The molecule has 1 aliphatic heterocycles. The van der Waals surface area contributed by atoms with Gasteiger partial charge in [-0.2, -0.15) is 4.31 Å². The second-order valence-electron chi connectivity index (χ2n) is 6.63. The third-order valence-corrected chi connectivity index (χ3v) is 6.18. The highest BCUT2D eigenvalue weighted by Gasteiger charge is 2.23. The molecule has 6 nitrogen and oxygen atoms in total. The molecule has 0 radical (unpaired) electrons. The molecule has 1 aliphatic rings. The molecule has 1 N–H and O–H groups in total. The molecule has 27 heavy (non-hydrogen) atoms. The van der Waals surface area contributed by atoms with Gasteiger partial charge in [0.15, 0.2) is 0 Å². The highest BCUT2D eigenvalue weighted by atomic mass is 35.5. The maximum Gasteiger partial charge on any atom is 0.257 e. The molecule has 0 aromatic heterocycles. The van der Waals surface area contributed by atoms with Crippen LogP contribution >= 0.6 is 11.6 Å². The summed E-state index contributed by atoms with van der Waals surface area (Å²) < 4.78 is 24.7. The monoisotopic (exact) mass is 407 g/mol. The number of rotatable bonds is 4. The number of hydrogen-bond acceptors (Lipinski definition) is 4. The summed E-state index contributed by atoms with van der Waals surface area (Å²) in [5, 5.41) is 3.27. The van der Waals surface area contributed by atoms with E-state index in [-0.39, 0.29) is 5.91 Å². The molecular weight excluding hydrogens is 386 g/mol. The standard InChI is InChI=1S/C19H22ClN3O3S/c1-14-3-8-17(18(20)13-14)19(24)21-15-4-6-16(7-5-15)22-9-11-23(12-10-22)27(2,25)26/h3-8,13H,9-12H2,1-2H3,(H,21,24). The first-order chi connectivity index (χ1) is 12.7. The predicted molar refractivity (Wildman–Crippen MR) is 109 cm³/mol. The zero-order chi connectivity index (χ0) is 19.6. The summed E-state index contributed by atoms with van der Waals surface area (Å²) in [5.74, 6) is -0.255. The maximum atomic E-state index is 12.4. The molecule has 0 bridgehead atoms. The number of aryl methyl sites for hydroxylation is 1. The van der Waals surface area contributed by atoms with Crippen LogP contribution in [0.3, 0.4) is 0 Å². The van der Waals surface area contributed by atoms with Crippen LogP contribution in [0.4, 0.5) is 11.4 Å². The van der Waals surface area contributed by atoms with Gasteiger partial charge in [0.25, 0.3) is 5.91 Å². The molecule has 1 amide bonds. The number of carbonyl (C=O) groups excluding carboxylic acids is 1. The Morgan fingerprint density at radius 2 is 1.67 bits per heavy atom. The van der Waals surface area contributed by atoms with Crippen LogP contribution in [-0.2, 0) is 10.0 Å². The van der Waals surface area contributed by atoms with Gasteiger partial charge in [0.05, 0.1) is 16.8 Å². The van der Waals surface area contributed by atoms with E-state index in [1.807, 2.05) is 37.3 Å². The number of nitrogens with one attached hydrogen (secondary N) is 1. The highest BCUT2D eigenvalue weighted by molar-refractivity contribution is 7.88. The lowest BCUT2D eigenvalue weighted by atomic mass is 10.1. The molecule has 0 unspecified atom stereocenters. The fourth-order valence-electron chi connectivity index (χ4n) is 3.04. The molecule has 0 aliphatic carbocycles. The molecule has 3 rings (SSSR count). The molecule has 144 valence electrons. The van der Waals surface area contributed by atoms with Gasteiger partial charge >= 0.3 is 0 Å². The lowest BCUT2D eigenvalue weighted by Gasteiger charge is -2.34. The molecule has 0 spiro atoms. The molecule has 0 saturated carbocycles. The van der Waals surface area contributed by atoms with E-state index in [1.54, 1.807) is 12.1 Å². The summed E-state index contributed by atoms with van der Waals surface area (Å²) in [6.45, 7) is 4.14. The van der Waals surface area contributed by atoms with E-state index in [0.717, 1.165) is 11.3 Å². The molecule has 2 aromatic rings. The summed E-state index contributed by atoms with van der Waals surface area (Å²) in [6, 6.07) is 12.8. The number of nitrogens with zero attached hydrogens (tertiary/aromatic N) is 2. The van der Waals surface area contributed by atoms with Gasteiger partial charge in [0.2, 0.25) is 10.0 Å². The Bertz CT molecular complexity index is 937. The van der Waals surface area contributed by atoms with E-state index in [9.17, 15) is 13.2 Å². The van der Waals surface area contributed by atoms with Crippen molar-refractivity contribution in [3.05, 3.63) is 58.6 Å². The number of hydrogen-bond donors (Lipinski definition) is 1. The van der Waals surface area contributed by atoms with Crippen LogP contribution in [0.1, 0.15) is 15.9 Å². The van der Waals surface area contributed by atoms with Gasteiger partial charge in [-0.25, -0.2) is 8.42 Å². The van der Waals surface area contributed by atoms with E-state index in [1.165, 1.54) is 10.6 Å². The van der Waals surface area contributed by atoms with Gasteiger partial charge in [-0.1, -0.05) is 17.7 Å². The normalized spacial score (nSPS) is 15.6. The van der Waals surface area contributed by atoms with Gasteiger partial charge in [-0.05, 0) is 48.9 Å². The van der Waals surface area contributed by atoms with E-state index in [0.29, 0.717) is 42.5 Å². The smallest absolute Gasteiger partial charge is 0.257 e. The average molecular weight is 408 g/mol. The third-order valence-electron chi connectivity index (χ3n) is 4.57. The van der Waals surface area contributed by atoms with Crippen molar-refractivity contribution >= 4 is 38.9 Å². The molecule has 1 saturated heterocycles. The number of halogens is 1. The van der Waals surface area contributed by atoms with E-state index in [2.05, 4.69) is 10.2 Å². The number of sulfonamides is 1.